The van der Waals surface area contributed by atoms with Gasteiger partial charge >= 0.3 is 0 Å². The van der Waals surface area contributed by atoms with Gasteiger partial charge in [0.1, 0.15) is 5.78 Å². The van der Waals surface area contributed by atoms with E-state index in [1.807, 2.05) is 0 Å². The molecule has 0 aromatic carbocycles. The van der Waals surface area contributed by atoms with Crippen molar-refractivity contribution < 1.29 is 14.3 Å². The number of nitrogens with zero attached hydrogens (tertiary/aromatic N) is 1. The van der Waals surface area contributed by atoms with Crippen LogP contribution in [0.25, 0.3) is 0 Å². The van der Waals surface area contributed by atoms with Gasteiger partial charge in [-0.3, -0.25) is 14.5 Å². The lowest BCUT2D eigenvalue weighted by Gasteiger charge is -2.45. The SMILES string of the molecule is COCCNC(=O)CN1C2CCCC1CC(=O)C2. The van der Waals surface area contributed by atoms with Crippen molar-refractivity contribution in [2.45, 2.75) is 44.2 Å². The summed E-state index contributed by atoms with van der Waals surface area (Å²) in [6.45, 7) is 1.51. The Labute approximate surface area is 108 Å². The molecule has 0 saturated carbocycles. The molecule has 0 spiro atoms. The fourth-order valence-electron chi connectivity index (χ4n) is 3.04. The minimum Gasteiger partial charge on any atom is -0.383 e. The molecule has 2 atom stereocenters. The lowest BCUT2D eigenvalue weighted by Crippen LogP contribution is -2.55. The molecule has 0 aromatic heterocycles. The van der Waals surface area contributed by atoms with Gasteiger partial charge < -0.3 is 10.1 Å². The number of carbonyl (C=O) groups is 2. The highest BCUT2D eigenvalue weighted by molar-refractivity contribution is 5.82. The van der Waals surface area contributed by atoms with E-state index in [9.17, 15) is 9.59 Å². The van der Waals surface area contributed by atoms with Gasteiger partial charge in [0.05, 0.1) is 13.2 Å². The van der Waals surface area contributed by atoms with E-state index in [0.29, 0.717) is 38.3 Å². The molecule has 0 radical (unpaired) electrons. The number of methoxy groups -OCH3 is 1. The molecule has 5 heteroatoms. The van der Waals surface area contributed by atoms with E-state index < -0.39 is 0 Å². The third-order valence-corrected chi connectivity index (χ3v) is 3.89. The smallest absolute Gasteiger partial charge is 0.234 e. The van der Waals surface area contributed by atoms with Crippen LogP contribution in [0.3, 0.4) is 0 Å². The van der Waals surface area contributed by atoms with E-state index in [2.05, 4.69) is 10.2 Å². The molecular formula is C13H22N2O3. The molecule has 2 fully saturated rings. The predicted molar refractivity (Wildman–Crippen MR) is 67.3 cm³/mol. The topological polar surface area (TPSA) is 58.6 Å². The third kappa shape index (κ3) is 3.29. The minimum absolute atomic E-state index is 0.0401. The van der Waals surface area contributed by atoms with E-state index in [-0.39, 0.29) is 18.0 Å². The summed E-state index contributed by atoms with van der Waals surface area (Å²) in [6.07, 6.45) is 4.54. The molecule has 1 N–H and O–H groups in total. The highest BCUT2D eigenvalue weighted by Crippen LogP contribution is 2.31. The van der Waals surface area contributed by atoms with E-state index in [0.717, 1.165) is 12.8 Å². The molecule has 1 amide bonds. The fourth-order valence-corrected chi connectivity index (χ4v) is 3.04. The van der Waals surface area contributed by atoms with Crippen molar-refractivity contribution in [1.82, 2.24) is 10.2 Å². The van der Waals surface area contributed by atoms with Gasteiger partial charge in [-0.2, -0.15) is 0 Å². The van der Waals surface area contributed by atoms with Crippen LogP contribution >= 0.6 is 0 Å². The Balaban J connectivity index is 1.84. The van der Waals surface area contributed by atoms with Gasteiger partial charge in [-0.1, -0.05) is 6.42 Å². The first kappa shape index (κ1) is 13.5. The number of hydrogen-bond donors (Lipinski definition) is 1. The molecule has 2 saturated heterocycles. The second-order valence-corrected chi connectivity index (χ2v) is 5.20. The zero-order valence-corrected chi connectivity index (χ0v) is 11.0. The standard InChI is InChI=1S/C13H22N2O3/c1-18-6-5-14-13(17)9-15-10-3-2-4-11(15)8-12(16)7-10/h10-11H,2-9H2,1H3,(H,14,17). The molecule has 2 unspecified atom stereocenters. The highest BCUT2D eigenvalue weighted by atomic mass is 16.5. The zero-order chi connectivity index (χ0) is 13.0. The Hall–Kier alpha value is -0.940. The Morgan fingerprint density at radius 2 is 2.06 bits per heavy atom. The molecule has 102 valence electrons. The number of ether oxygens (including phenoxy) is 1. The van der Waals surface area contributed by atoms with Crippen LogP contribution in [0, 0.1) is 0 Å². The quantitative estimate of drug-likeness (QED) is 0.719. The van der Waals surface area contributed by atoms with E-state index >= 15 is 0 Å². The first-order valence-electron chi connectivity index (χ1n) is 6.74. The first-order chi connectivity index (χ1) is 8.70. The fraction of sp³-hybridized carbons (Fsp3) is 0.846. The normalized spacial score (nSPS) is 28.2. The lowest BCUT2D eigenvalue weighted by molar-refractivity contribution is -0.132. The Morgan fingerprint density at radius 3 is 2.67 bits per heavy atom. The maximum atomic E-state index is 11.8. The van der Waals surface area contributed by atoms with Crippen LogP contribution in [0.1, 0.15) is 32.1 Å². The number of piperidine rings is 2. The Kier molecular flexibility index (Phi) is 4.72. The van der Waals surface area contributed by atoms with Gasteiger partial charge in [0.25, 0.3) is 0 Å². The van der Waals surface area contributed by atoms with Crippen molar-refractivity contribution in [3.63, 3.8) is 0 Å². The summed E-state index contributed by atoms with van der Waals surface area (Å²) in [5.41, 5.74) is 0. The average Bonchev–Trinajstić information content (AvgIpc) is 2.31. The van der Waals surface area contributed by atoms with E-state index in [4.69, 9.17) is 4.74 Å². The maximum Gasteiger partial charge on any atom is 0.234 e. The summed E-state index contributed by atoms with van der Waals surface area (Å²) in [5, 5.41) is 2.84. The summed E-state index contributed by atoms with van der Waals surface area (Å²) in [7, 11) is 1.62. The molecule has 2 heterocycles. The van der Waals surface area contributed by atoms with Crippen LogP contribution in [0.2, 0.25) is 0 Å². The van der Waals surface area contributed by atoms with Crippen molar-refractivity contribution in [2.24, 2.45) is 0 Å². The Morgan fingerprint density at radius 1 is 1.39 bits per heavy atom. The number of amides is 1. The number of rotatable bonds is 5. The highest BCUT2D eigenvalue weighted by Gasteiger charge is 2.38. The van der Waals surface area contributed by atoms with Crippen LogP contribution in [-0.2, 0) is 14.3 Å². The van der Waals surface area contributed by atoms with Crippen molar-refractivity contribution in [3.8, 4) is 0 Å². The molecule has 2 aliphatic rings. The van der Waals surface area contributed by atoms with Crippen LogP contribution in [-0.4, -0.2) is 55.5 Å². The number of hydrogen-bond acceptors (Lipinski definition) is 4. The minimum atomic E-state index is 0.0401. The van der Waals surface area contributed by atoms with Crippen molar-refractivity contribution >= 4 is 11.7 Å². The molecular weight excluding hydrogens is 232 g/mol. The van der Waals surface area contributed by atoms with Crippen molar-refractivity contribution in [1.29, 1.82) is 0 Å². The van der Waals surface area contributed by atoms with Crippen LogP contribution < -0.4 is 5.32 Å². The molecule has 0 aromatic rings. The van der Waals surface area contributed by atoms with Crippen molar-refractivity contribution in [3.05, 3.63) is 0 Å². The van der Waals surface area contributed by atoms with Gasteiger partial charge in [0.2, 0.25) is 5.91 Å². The van der Waals surface area contributed by atoms with Gasteiger partial charge in [-0.15, -0.1) is 0 Å². The predicted octanol–water partition coefficient (Wildman–Crippen LogP) is 0.335. The van der Waals surface area contributed by atoms with Crippen LogP contribution in [0.5, 0.6) is 0 Å². The second kappa shape index (κ2) is 6.29. The number of ketones is 1. The number of fused-ring (bicyclic) bond motifs is 2. The summed E-state index contributed by atoms with van der Waals surface area (Å²) in [5.74, 6) is 0.402. The molecule has 0 aliphatic carbocycles. The van der Waals surface area contributed by atoms with E-state index in [1.165, 1.54) is 6.42 Å². The molecule has 2 rings (SSSR count). The van der Waals surface area contributed by atoms with Gasteiger partial charge in [0, 0.05) is 38.6 Å². The number of nitrogens with one attached hydrogen (secondary N) is 1. The molecule has 2 bridgehead atoms. The summed E-state index contributed by atoms with van der Waals surface area (Å²) >= 11 is 0. The van der Waals surface area contributed by atoms with Gasteiger partial charge in [0.15, 0.2) is 0 Å². The van der Waals surface area contributed by atoms with E-state index in [1.54, 1.807) is 7.11 Å². The molecule has 5 nitrogen and oxygen atoms in total. The summed E-state index contributed by atoms with van der Waals surface area (Å²) < 4.78 is 4.90. The van der Waals surface area contributed by atoms with Crippen LogP contribution in [0.15, 0.2) is 0 Å². The largest absolute Gasteiger partial charge is 0.383 e. The molecule has 2 aliphatic heterocycles. The number of Topliss-reactive ketones (excluding diaryl/α,β-unsaturated/α-hetero) is 1. The van der Waals surface area contributed by atoms with Gasteiger partial charge in [-0.25, -0.2) is 0 Å². The maximum absolute atomic E-state index is 11.8. The monoisotopic (exact) mass is 254 g/mol. The number of carbonyl (C=O) groups excluding carboxylic acids is 2. The summed E-state index contributed by atoms with van der Waals surface area (Å²) in [6, 6.07) is 0.580. The second-order valence-electron chi connectivity index (χ2n) is 5.20. The lowest BCUT2D eigenvalue weighted by atomic mass is 9.84. The third-order valence-electron chi connectivity index (χ3n) is 3.89. The zero-order valence-electron chi connectivity index (χ0n) is 11.0. The van der Waals surface area contributed by atoms with Crippen molar-refractivity contribution in [2.75, 3.05) is 26.8 Å². The summed E-state index contributed by atoms with van der Waals surface area (Å²) in [4.78, 5) is 25.6. The van der Waals surface area contributed by atoms with Crippen LogP contribution in [0.4, 0.5) is 0 Å². The average molecular weight is 254 g/mol. The first-order valence-corrected chi connectivity index (χ1v) is 6.74. The van der Waals surface area contributed by atoms with Gasteiger partial charge in [-0.05, 0) is 12.8 Å². The Bertz CT molecular complexity index is 303. The molecule has 18 heavy (non-hydrogen) atoms.